The molecule has 0 aromatic rings. The Bertz CT molecular complexity index is 136. The quantitative estimate of drug-likeness (QED) is 0.486. The van der Waals surface area contributed by atoms with E-state index in [2.05, 4.69) is 18.8 Å². The third kappa shape index (κ3) is 2.43. The third-order valence-corrected chi connectivity index (χ3v) is 2.15. The van der Waals surface area contributed by atoms with Crippen LogP contribution in [0.2, 0.25) is 0 Å². The summed E-state index contributed by atoms with van der Waals surface area (Å²) in [7, 11) is 0. The van der Waals surface area contributed by atoms with Gasteiger partial charge >= 0.3 is 0 Å². The monoisotopic (exact) mass is 136 g/mol. The highest BCUT2D eigenvalue weighted by molar-refractivity contribution is 5.04. The van der Waals surface area contributed by atoms with E-state index in [0.717, 1.165) is 6.42 Å². The van der Waals surface area contributed by atoms with E-state index in [-0.39, 0.29) is 0 Å². The first-order valence-corrected chi connectivity index (χ1v) is 4.42. The van der Waals surface area contributed by atoms with Gasteiger partial charge in [-0.2, -0.15) is 0 Å². The lowest BCUT2D eigenvalue weighted by atomic mass is 9.96. The highest BCUT2D eigenvalue weighted by atomic mass is 14.1. The Morgan fingerprint density at radius 3 is 3.00 bits per heavy atom. The average Bonchev–Trinajstić information content (AvgIpc) is 1.87. The molecule has 56 valence electrons. The van der Waals surface area contributed by atoms with Crippen molar-refractivity contribution in [2.24, 2.45) is 5.92 Å². The second kappa shape index (κ2) is 4.39. The maximum absolute atomic E-state index is 3.32. The fourth-order valence-electron chi connectivity index (χ4n) is 1.38. The first kappa shape index (κ1) is 7.66. The third-order valence-electron chi connectivity index (χ3n) is 2.15. The second-order valence-corrected chi connectivity index (χ2v) is 3.03. The predicted octanol–water partition coefficient (Wildman–Crippen LogP) is 2.98. The van der Waals surface area contributed by atoms with Gasteiger partial charge in [-0.15, -0.1) is 5.92 Å². The molecule has 0 aromatic heterocycles. The zero-order chi connectivity index (χ0) is 7.23. The van der Waals surface area contributed by atoms with Crippen molar-refractivity contribution < 1.29 is 0 Å². The van der Waals surface area contributed by atoms with Crippen LogP contribution in [0.25, 0.3) is 0 Å². The second-order valence-electron chi connectivity index (χ2n) is 3.03. The van der Waals surface area contributed by atoms with Crippen LogP contribution < -0.4 is 0 Å². The summed E-state index contributed by atoms with van der Waals surface area (Å²) in [6.07, 6.45) is 7.83. The van der Waals surface area contributed by atoms with Gasteiger partial charge in [-0.1, -0.05) is 25.7 Å². The number of rotatable bonds is 1. The molecule has 0 aliphatic heterocycles. The first-order chi connectivity index (χ1) is 4.93. The molecule has 0 heteroatoms. The molecule has 0 fully saturated rings. The predicted molar refractivity (Wildman–Crippen MR) is 44.6 cm³/mol. The van der Waals surface area contributed by atoms with Gasteiger partial charge < -0.3 is 0 Å². The summed E-state index contributed by atoms with van der Waals surface area (Å²) in [6, 6.07) is 0. The molecule has 0 amide bonds. The van der Waals surface area contributed by atoms with Gasteiger partial charge in [-0.3, -0.25) is 0 Å². The minimum absolute atomic E-state index is 0.709. The summed E-state index contributed by atoms with van der Waals surface area (Å²) in [5.74, 6) is 7.27. The van der Waals surface area contributed by atoms with Crippen molar-refractivity contribution in [1.82, 2.24) is 0 Å². The number of hydrogen-bond acceptors (Lipinski definition) is 0. The highest BCUT2D eigenvalue weighted by Gasteiger charge is 2.02. The highest BCUT2D eigenvalue weighted by Crippen LogP contribution is 2.15. The molecule has 0 bridgehead atoms. The molecule has 1 aliphatic rings. The molecule has 0 heterocycles. The lowest BCUT2D eigenvalue weighted by Crippen LogP contribution is -1.96. The summed E-state index contributed by atoms with van der Waals surface area (Å²) >= 11 is 0. The van der Waals surface area contributed by atoms with E-state index >= 15 is 0 Å². The molecule has 0 spiro atoms. The molecule has 1 aliphatic carbocycles. The van der Waals surface area contributed by atoms with Gasteiger partial charge in [0, 0.05) is 12.3 Å². The van der Waals surface area contributed by atoms with Gasteiger partial charge in [0.1, 0.15) is 0 Å². The van der Waals surface area contributed by atoms with Crippen molar-refractivity contribution in [2.45, 2.75) is 45.4 Å². The van der Waals surface area contributed by atoms with Crippen LogP contribution in [-0.4, -0.2) is 0 Å². The average molecular weight is 136 g/mol. The van der Waals surface area contributed by atoms with Crippen molar-refractivity contribution in [2.75, 3.05) is 0 Å². The Hall–Kier alpha value is -0.440. The summed E-state index contributed by atoms with van der Waals surface area (Å²) < 4.78 is 0. The smallest absolute Gasteiger partial charge is 0.0200 e. The summed E-state index contributed by atoms with van der Waals surface area (Å²) in [6.45, 7) is 2.24. The van der Waals surface area contributed by atoms with Gasteiger partial charge in [-0.25, -0.2) is 0 Å². The fourth-order valence-corrected chi connectivity index (χ4v) is 1.38. The van der Waals surface area contributed by atoms with Crippen LogP contribution >= 0.6 is 0 Å². The molecule has 0 saturated carbocycles. The van der Waals surface area contributed by atoms with Gasteiger partial charge in [0.2, 0.25) is 0 Å². The fraction of sp³-hybridized carbons (Fsp3) is 0.800. The zero-order valence-corrected chi connectivity index (χ0v) is 6.82. The number of hydrogen-bond donors (Lipinski definition) is 0. The first-order valence-electron chi connectivity index (χ1n) is 4.42. The zero-order valence-electron chi connectivity index (χ0n) is 6.82. The van der Waals surface area contributed by atoms with Crippen LogP contribution in [0.3, 0.4) is 0 Å². The molecule has 0 aromatic carbocycles. The van der Waals surface area contributed by atoms with Gasteiger partial charge in [0.25, 0.3) is 0 Å². The lowest BCUT2D eigenvalue weighted by Gasteiger charge is -2.08. The SMILES string of the molecule is CCC1C#CCCCCC1. The Morgan fingerprint density at radius 1 is 1.30 bits per heavy atom. The molecule has 1 atom stereocenters. The Balaban J connectivity index is 2.39. The normalized spacial score (nSPS) is 25.9. The van der Waals surface area contributed by atoms with Crippen molar-refractivity contribution in [3.63, 3.8) is 0 Å². The molecule has 10 heavy (non-hydrogen) atoms. The molecule has 0 saturated heterocycles. The minimum atomic E-state index is 0.709. The van der Waals surface area contributed by atoms with Crippen molar-refractivity contribution in [3.8, 4) is 11.8 Å². The molecule has 0 N–H and O–H groups in total. The van der Waals surface area contributed by atoms with Crippen LogP contribution in [0.5, 0.6) is 0 Å². The van der Waals surface area contributed by atoms with Crippen LogP contribution in [0.4, 0.5) is 0 Å². The van der Waals surface area contributed by atoms with Crippen LogP contribution in [0, 0.1) is 17.8 Å². The van der Waals surface area contributed by atoms with Crippen LogP contribution in [-0.2, 0) is 0 Å². The lowest BCUT2D eigenvalue weighted by molar-refractivity contribution is 0.528. The van der Waals surface area contributed by atoms with E-state index < -0.39 is 0 Å². The van der Waals surface area contributed by atoms with Crippen LogP contribution in [0.1, 0.15) is 45.4 Å². The Kier molecular flexibility index (Phi) is 3.36. The van der Waals surface area contributed by atoms with E-state index in [4.69, 9.17) is 0 Å². The van der Waals surface area contributed by atoms with Crippen LogP contribution in [0.15, 0.2) is 0 Å². The van der Waals surface area contributed by atoms with E-state index in [9.17, 15) is 0 Å². The summed E-state index contributed by atoms with van der Waals surface area (Å²) in [5.41, 5.74) is 0. The summed E-state index contributed by atoms with van der Waals surface area (Å²) in [4.78, 5) is 0. The van der Waals surface area contributed by atoms with E-state index in [1.54, 1.807) is 0 Å². The van der Waals surface area contributed by atoms with Gasteiger partial charge in [0.05, 0.1) is 0 Å². The molecule has 1 rings (SSSR count). The molecular formula is C10H16. The van der Waals surface area contributed by atoms with Gasteiger partial charge in [0.15, 0.2) is 0 Å². The Morgan fingerprint density at radius 2 is 2.20 bits per heavy atom. The maximum Gasteiger partial charge on any atom is 0.0200 e. The largest absolute Gasteiger partial charge is 0.103 e. The Labute approximate surface area is 64.0 Å². The van der Waals surface area contributed by atoms with Crippen molar-refractivity contribution >= 4 is 0 Å². The minimum Gasteiger partial charge on any atom is -0.103 e. The topological polar surface area (TPSA) is 0 Å². The van der Waals surface area contributed by atoms with E-state index in [1.165, 1.54) is 32.1 Å². The van der Waals surface area contributed by atoms with Gasteiger partial charge in [-0.05, 0) is 19.3 Å². The van der Waals surface area contributed by atoms with Crippen molar-refractivity contribution in [1.29, 1.82) is 0 Å². The molecule has 1 unspecified atom stereocenters. The maximum atomic E-state index is 3.32. The van der Waals surface area contributed by atoms with Crippen molar-refractivity contribution in [3.05, 3.63) is 0 Å². The molecule has 0 nitrogen and oxygen atoms in total. The molecule has 0 radical (unpaired) electrons. The standard InChI is InChI=1S/C10H16/c1-2-10-8-6-4-3-5-7-9-10/h10H,2-6,8H2,1H3. The van der Waals surface area contributed by atoms with E-state index in [0.29, 0.717) is 5.92 Å². The summed E-state index contributed by atoms with van der Waals surface area (Å²) in [5, 5.41) is 0. The van der Waals surface area contributed by atoms with E-state index in [1.807, 2.05) is 0 Å². The molecular weight excluding hydrogens is 120 g/mol.